The number of aromatic nitrogens is 2. The van der Waals surface area contributed by atoms with Crippen molar-refractivity contribution in [3.63, 3.8) is 0 Å². The molecule has 1 aromatic carbocycles. The number of hydrogen-bond acceptors (Lipinski definition) is 3. The second-order valence-corrected chi connectivity index (χ2v) is 4.75. The molecular weight excluding hydrogens is 240 g/mol. The van der Waals surface area contributed by atoms with Gasteiger partial charge in [0.15, 0.2) is 0 Å². The molecule has 2 heterocycles. The average Bonchev–Trinajstić information content (AvgIpc) is 2.83. The summed E-state index contributed by atoms with van der Waals surface area (Å²) >= 11 is 0. The van der Waals surface area contributed by atoms with E-state index in [1.165, 1.54) is 5.56 Å². The number of nitrogens with zero attached hydrogens (tertiary/aromatic N) is 1. The maximum atomic E-state index is 12.4. The third-order valence-corrected chi connectivity index (χ3v) is 3.45. The minimum atomic E-state index is -0.0777. The van der Waals surface area contributed by atoms with Crippen LogP contribution in [0.15, 0.2) is 24.4 Å². The Bertz CT molecular complexity index is 618. The first kappa shape index (κ1) is 11.9. The molecule has 0 atom stereocenters. The van der Waals surface area contributed by atoms with Gasteiger partial charge in [-0.2, -0.15) is 5.10 Å². The molecule has 0 unspecified atom stereocenters. The lowest BCUT2D eigenvalue weighted by molar-refractivity contribution is 0.102. The standard InChI is InChI=1S/C14H16N4O/c1-9-7-16-18-13(9)17-14(19)12-4-2-3-10-8-15-6-5-11(10)12/h2-4,7,15H,5-6,8H2,1H3,(H2,16,17,18,19). The van der Waals surface area contributed by atoms with Crippen LogP contribution in [0, 0.1) is 6.92 Å². The molecule has 0 spiro atoms. The van der Waals surface area contributed by atoms with E-state index in [1.807, 2.05) is 19.1 Å². The van der Waals surface area contributed by atoms with Crippen LogP contribution in [0.2, 0.25) is 0 Å². The number of fused-ring (bicyclic) bond motifs is 1. The average molecular weight is 256 g/mol. The quantitative estimate of drug-likeness (QED) is 0.764. The third kappa shape index (κ3) is 2.24. The number of aryl methyl sites for hydroxylation is 1. The molecule has 0 saturated heterocycles. The van der Waals surface area contributed by atoms with Gasteiger partial charge < -0.3 is 10.6 Å². The fourth-order valence-corrected chi connectivity index (χ4v) is 2.40. The fraction of sp³-hybridized carbons (Fsp3) is 0.286. The van der Waals surface area contributed by atoms with E-state index in [-0.39, 0.29) is 5.91 Å². The van der Waals surface area contributed by atoms with Crippen LogP contribution in [-0.4, -0.2) is 22.6 Å². The first-order valence-electron chi connectivity index (χ1n) is 6.38. The summed E-state index contributed by atoms with van der Waals surface area (Å²) in [6, 6.07) is 5.88. The Morgan fingerprint density at radius 1 is 1.42 bits per heavy atom. The highest BCUT2D eigenvalue weighted by molar-refractivity contribution is 6.05. The van der Waals surface area contributed by atoms with Gasteiger partial charge in [-0.05, 0) is 37.1 Å². The summed E-state index contributed by atoms with van der Waals surface area (Å²) in [6.45, 7) is 3.66. The zero-order valence-corrected chi connectivity index (χ0v) is 10.8. The van der Waals surface area contributed by atoms with Crippen molar-refractivity contribution >= 4 is 11.7 Å². The van der Waals surface area contributed by atoms with Crippen molar-refractivity contribution in [1.29, 1.82) is 0 Å². The first-order valence-corrected chi connectivity index (χ1v) is 6.38. The molecular formula is C14H16N4O. The van der Waals surface area contributed by atoms with E-state index in [4.69, 9.17) is 0 Å². The number of amides is 1. The highest BCUT2D eigenvalue weighted by Crippen LogP contribution is 2.20. The molecule has 0 fully saturated rings. The van der Waals surface area contributed by atoms with Gasteiger partial charge >= 0.3 is 0 Å². The molecule has 1 aliphatic heterocycles. The molecule has 5 nitrogen and oxygen atoms in total. The monoisotopic (exact) mass is 256 g/mol. The predicted octanol–water partition coefficient (Wildman–Crippen LogP) is 1.62. The summed E-state index contributed by atoms with van der Waals surface area (Å²) in [7, 11) is 0. The number of benzene rings is 1. The lowest BCUT2D eigenvalue weighted by atomic mass is 9.95. The Balaban J connectivity index is 1.90. The largest absolute Gasteiger partial charge is 0.312 e. The van der Waals surface area contributed by atoms with Crippen LogP contribution in [0.1, 0.15) is 27.0 Å². The number of carbonyl (C=O) groups excluding carboxylic acids is 1. The number of aromatic amines is 1. The van der Waals surface area contributed by atoms with Crippen molar-refractivity contribution < 1.29 is 4.79 Å². The molecule has 1 amide bonds. The highest BCUT2D eigenvalue weighted by Gasteiger charge is 2.17. The van der Waals surface area contributed by atoms with E-state index in [1.54, 1.807) is 6.20 Å². The van der Waals surface area contributed by atoms with Crippen molar-refractivity contribution in [3.8, 4) is 0 Å². The predicted molar refractivity (Wildman–Crippen MR) is 73.1 cm³/mol. The van der Waals surface area contributed by atoms with Gasteiger partial charge in [0.2, 0.25) is 0 Å². The van der Waals surface area contributed by atoms with Gasteiger partial charge in [0, 0.05) is 17.7 Å². The number of nitrogens with one attached hydrogen (secondary N) is 3. The summed E-state index contributed by atoms with van der Waals surface area (Å²) in [5.41, 5.74) is 4.05. The first-order chi connectivity index (χ1) is 9.25. The van der Waals surface area contributed by atoms with Crippen LogP contribution in [0.25, 0.3) is 0 Å². The van der Waals surface area contributed by atoms with Crippen LogP contribution in [0.4, 0.5) is 5.82 Å². The molecule has 1 aromatic heterocycles. The van der Waals surface area contributed by atoms with Crippen molar-refractivity contribution in [2.45, 2.75) is 19.9 Å². The maximum Gasteiger partial charge on any atom is 0.257 e. The maximum absolute atomic E-state index is 12.4. The van der Waals surface area contributed by atoms with E-state index in [9.17, 15) is 4.79 Å². The van der Waals surface area contributed by atoms with Crippen molar-refractivity contribution in [3.05, 3.63) is 46.6 Å². The van der Waals surface area contributed by atoms with E-state index >= 15 is 0 Å². The van der Waals surface area contributed by atoms with Gasteiger partial charge in [0.05, 0.1) is 6.20 Å². The molecule has 2 aromatic rings. The molecule has 3 N–H and O–H groups in total. The van der Waals surface area contributed by atoms with Crippen LogP contribution in [0.5, 0.6) is 0 Å². The zero-order chi connectivity index (χ0) is 13.2. The Morgan fingerprint density at radius 3 is 3.11 bits per heavy atom. The van der Waals surface area contributed by atoms with Gasteiger partial charge in [-0.15, -0.1) is 0 Å². The number of anilines is 1. The number of H-pyrrole nitrogens is 1. The summed E-state index contributed by atoms with van der Waals surface area (Å²) in [5, 5.41) is 12.9. The van der Waals surface area contributed by atoms with Gasteiger partial charge in [-0.3, -0.25) is 9.89 Å². The Morgan fingerprint density at radius 2 is 2.32 bits per heavy atom. The molecule has 0 bridgehead atoms. The molecule has 98 valence electrons. The van der Waals surface area contributed by atoms with E-state index in [0.29, 0.717) is 5.82 Å². The smallest absolute Gasteiger partial charge is 0.257 e. The summed E-state index contributed by atoms with van der Waals surface area (Å²) < 4.78 is 0. The third-order valence-electron chi connectivity index (χ3n) is 3.45. The summed E-state index contributed by atoms with van der Waals surface area (Å²) in [5.74, 6) is 0.586. The van der Waals surface area contributed by atoms with Crippen LogP contribution in [-0.2, 0) is 13.0 Å². The van der Waals surface area contributed by atoms with Gasteiger partial charge in [-0.1, -0.05) is 12.1 Å². The van der Waals surface area contributed by atoms with Gasteiger partial charge in [0.25, 0.3) is 5.91 Å². The lowest BCUT2D eigenvalue weighted by Gasteiger charge is -2.19. The van der Waals surface area contributed by atoms with Gasteiger partial charge in [0.1, 0.15) is 5.82 Å². The summed E-state index contributed by atoms with van der Waals surface area (Å²) in [4.78, 5) is 12.4. The van der Waals surface area contributed by atoms with E-state index < -0.39 is 0 Å². The highest BCUT2D eigenvalue weighted by atomic mass is 16.1. The zero-order valence-electron chi connectivity index (χ0n) is 10.8. The van der Waals surface area contributed by atoms with Crippen LogP contribution < -0.4 is 10.6 Å². The van der Waals surface area contributed by atoms with Crippen molar-refractivity contribution in [2.24, 2.45) is 0 Å². The second kappa shape index (κ2) is 4.85. The number of carbonyl (C=O) groups is 1. The topological polar surface area (TPSA) is 69.8 Å². The van der Waals surface area contributed by atoms with Crippen molar-refractivity contribution in [1.82, 2.24) is 15.5 Å². The molecule has 0 radical (unpaired) electrons. The van der Waals surface area contributed by atoms with Gasteiger partial charge in [-0.25, -0.2) is 0 Å². The molecule has 5 heteroatoms. The fourth-order valence-electron chi connectivity index (χ4n) is 2.40. The van der Waals surface area contributed by atoms with E-state index in [2.05, 4.69) is 26.9 Å². The second-order valence-electron chi connectivity index (χ2n) is 4.75. The molecule has 1 aliphatic rings. The Labute approximate surface area is 111 Å². The Kier molecular flexibility index (Phi) is 3.05. The summed E-state index contributed by atoms with van der Waals surface area (Å²) in [6.07, 6.45) is 2.58. The SMILES string of the molecule is Cc1cn[nH]c1NC(=O)c1cccc2c1CCNC2. The van der Waals surface area contributed by atoms with Crippen molar-refractivity contribution in [2.75, 3.05) is 11.9 Å². The molecule has 3 rings (SSSR count). The Hall–Kier alpha value is -2.14. The van der Waals surface area contributed by atoms with Crippen LogP contribution in [0.3, 0.4) is 0 Å². The minimum absolute atomic E-state index is 0.0777. The molecule has 0 saturated carbocycles. The molecule has 0 aliphatic carbocycles. The number of rotatable bonds is 2. The van der Waals surface area contributed by atoms with E-state index in [0.717, 1.165) is 36.2 Å². The molecule has 19 heavy (non-hydrogen) atoms. The lowest BCUT2D eigenvalue weighted by Crippen LogP contribution is -2.26. The number of hydrogen-bond donors (Lipinski definition) is 3. The normalized spacial score (nSPS) is 13.9. The minimum Gasteiger partial charge on any atom is -0.312 e. The van der Waals surface area contributed by atoms with Crippen LogP contribution >= 0.6 is 0 Å².